The Morgan fingerprint density at radius 2 is 2.07 bits per heavy atom. The summed E-state index contributed by atoms with van der Waals surface area (Å²) in [6.07, 6.45) is 1.35. The van der Waals surface area contributed by atoms with Gasteiger partial charge in [-0.3, -0.25) is 0 Å². The minimum Gasteiger partial charge on any atom is -0.488 e. The Morgan fingerprint density at radius 3 is 2.79 bits per heavy atom. The molecule has 0 aromatic heterocycles. The maximum absolute atomic E-state index is 5.86. The maximum Gasteiger partial charge on any atom is 0.124 e. The van der Waals surface area contributed by atoms with E-state index in [4.69, 9.17) is 4.74 Å². The van der Waals surface area contributed by atoms with Gasteiger partial charge in [-0.25, -0.2) is 0 Å². The number of para-hydroxylation sites is 1. The number of likely N-dealkylation sites (N-methyl/N-ethyl adjacent to an activating group) is 1. The normalized spacial score (nSPS) is 24.4. The quantitative estimate of drug-likeness (QED) is 0.792. The van der Waals surface area contributed by atoms with Crippen molar-refractivity contribution in [3.05, 3.63) is 29.8 Å². The molecule has 76 valence electrons. The highest BCUT2D eigenvalue weighted by atomic mass is 16.5. The van der Waals surface area contributed by atoms with Crippen molar-refractivity contribution in [1.29, 1.82) is 0 Å². The summed E-state index contributed by atoms with van der Waals surface area (Å²) in [6.45, 7) is 5.29. The van der Waals surface area contributed by atoms with E-state index in [-0.39, 0.29) is 0 Å². The predicted octanol–water partition coefficient (Wildman–Crippen LogP) is 2.51. The van der Waals surface area contributed by atoms with Crippen LogP contribution in [0.15, 0.2) is 24.3 Å². The largest absolute Gasteiger partial charge is 0.488 e. The molecule has 0 fully saturated rings. The van der Waals surface area contributed by atoms with Crippen LogP contribution < -0.4 is 10.1 Å². The van der Waals surface area contributed by atoms with E-state index >= 15 is 0 Å². The predicted molar refractivity (Wildman–Crippen MR) is 57.6 cm³/mol. The summed E-state index contributed by atoms with van der Waals surface area (Å²) < 4.78 is 5.86. The molecule has 2 heteroatoms. The lowest BCUT2D eigenvalue weighted by Crippen LogP contribution is -2.30. The molecule has 1 aromatic rings. The SMILES string of the molecule is CCNC1c2ccccc2OC1CC. The molecule has 1 aromatic carbocycles. The van der Waals surface area contributed by atoms with Crippen molar-refractivity contribution in [3.8, 4) is 5.75 Å². The number of hydrogen-bond donors (Lipinski definition) is 1. The average Bonchev–Trinajstić information content (AvgIpc) is 2.58. The highest BCUT2D eigenvalue weighted by Crippen LogP contribution is 2.37. The van der Waals surface area contributed by atoms with Gasteiger partial charge in [-0.05, 0) is 19.0 Å². The monoisotopic (exact) mass is 191 g/mol. The van der Waals surface area contributed by atoms with Crippen LogP contribution in [0.3, 0.4) is 0 Å². The van der Waals surface area contributed by atoms with Gasteiger partial charge in [-0.15, -0.1) is 0 Å². The van der Waals surface area contributed by atoms with Crippen molar-refractivity contribution in [2.45, 2.75) is 32.4 Å². The summed E-state index contributed by atoms with van der Waals surface area (Å²) in [7, 11) is 0. The molecule has 0 spiro atoms. The van der Waals surface area contributed by atoms with Crippen LogP contribution in [0.5, 0.6) is 5.75 Å². The third kappa shape index (κ3) is 1.50. The molecule has 0 saturated heterocycles. The van der Waals surface area contributed by atoms with Crippen LogP contribution in [-0.4, -0.2) is 12.6 Å². The lowest BCUT2D eigenvalue weighted by Gasteiger charge is -2.17. The standard InChI is InChI=1S/C12H17NO/c1-3-10-12(13-4-2)9-7-5-6-8-11(9)14-10/h5-8,10,12-13H,3-4H2,1-2H3. The molecule has 2 atom stereocenters. The van der Waals surface area contributed by atoms with Crippen molar-refractivity contribution in [2.24, 2.45) is 0 Å². The van der Waals surface area contributed by atoms with Gasteiger partial charge in [0.1, 0.15) is 11.9 Å². The first kappa shape index (κ1) is 9.53. The minimum atomic E-state index is 0.298. The number of hydrogen-bond acceptors (Lipinski definition) is 2. The van der Waals surface area contributed by atoms with Gasteiger partial charge < -0.3 is 10.1 Å². The summed E-state index contributed by atoms with van der Waals surface area (Å²) in [4.78, 5) is 0. The molecule has 0 radical (unpaired) electrons. The lowest BCUT2D eigenvalue weighted by molar-refractivity contribution is 0.186. The fourth-order valence-corrected chi connectivity index (χ4v) is 2.06. The number of rotatable bonds is 3. The molecule has 14 heavy (non-hydrogen) atoms. The fraction of sp³-hybridized carbons (Fsp3) is 0.500. The van der Waals surface area contributed by atoms with Crippen LogP contribution in [0, 0.1) is 0 Å². The Hall–Kier alpha value is -1.02. The molecule has 1 heterocycles. The third-order valence-electron chi connectivity index (χ3n) is 2.73. The summed E-state index contributed by atoms with van der Waals surface area (Å²) in [5, 5.41) is 3.48. The van der Waals surface area contributed by atoms with E-state index in [0.29, 0.717) is 12.1 Å². The third-order valence-corrected chi connectivity index (χ3v) is 2.73. The highest BCUT2D eigenvalue weighted by Gasteiger charge is 2.31. The second kappa shape index (κ2) is 4.01. The maximum atomic E-state index is 5.86. The second-order valence-electron chi connectivity index (χ2n) is 3.64. The van der Waals surface area contributed by atoms with Gasteiger partial charge in [-0.2, -0.15) is 0 Å². The van der Waals surface area contributed by atoms with Crippen molar-refractivity contribution in [1.82, 2.24) is 5.32 Å². The number of nitrogens with one attached hydrogen (secondary N) is 1. The number of ether oxygens (including phenoxy) is 1. The van der Waals surface area contributed by atoms with E-state index in [1.165, 1.54) is 5.56 Å². The zero-order chi connectivity index (χ0) is 9.97. The fourth-order valence-electron chi connectivity index (χ4n) is 2.06. The Bertz CT molecular complexity index is 311. The van der Waals surface area contributed by atoms with Gasteiger partial charge in [0.05, 0.1) is 6.04 Å². The molecule has 0 aliphatic carbocycles. The van der Waals surface area contributed by atoms with Crippen LogP contribution in [0.4, 0.5) is 0 Å². The molecule has 0 saturated carbocycles. The molecule has 1 aliphatic rings. The molecule has 2 nitrogen and oxygen atoms in total. The van der Waals surface area contributed by atoms with Crippen LogP contribution >= 0.6 is 0 Å². The summed E-state index contributed by atoms with van der Waals surface area (Å²) >= 11 is 0. The topological polar surface area (TPSA) is 21.3 Å². The van der Waals surface area contributed by atoms with Crippen LogP contribution in [0.25, 0.3) is 0 Å². The van der Waals surface area contributed by atoms with Gasteiger partial charge in [-0.1, -0.05) is 32.0 Å². The summed E-state index contributed by atoms with van der Waals surface area (Å²) in [5.41, 5.74) is 1.31. The van der Waals surface area contributed by atoms with E-state index in [1.54, 1.807) is 0 Å². The van der Waals surface area contributed by atoms with Crippen LogP contribution in [-0.2, 0) is 0 Å². The zero-order valence-corrected chi connectivity index (χ0v) is 8.79. The van der Waals surface area contributed by atoms with Gasteiger partial charge in [0, 0.05) is 5.56 Å². The first-order chi connectivity index (χ1) is 6.86. The Kier molecular flexibility index (Phi) is 2.73. The van der Waals surface area contributed by atoms with Gasteiger partial charge in [0.15, 0.2) is 0 Å². The number of fused-ring (bicyclic) bond motifs is 1. The van der Waals surface area contributed by atoms with Crippen LogP contribution in [0.2, 0.25) is 0 Å². The van der Waals surface area contributed by atoms with E-state index in [2.05, 4.69) is 37.4 Å². The van der Waals surface area contributed by atoms with Gasteiger partial charge in [0.25, 0.3) is 0 Å². The molecule has 1 aliphatic heterocycles. The molecule has 2 rings (SSSR count). The van der Waals surface area contributed by atoms with E-state index in [0.717, 1.165) is 18.7 Å². The average molecular weight is 191 g/mol. The smallest absolute Gasteiger partial charge is 0.124 e. The second-order valence-corrected chi connectivity index (χ2v) is 3.64. The molecule has 2 unspecified atom stereocenters. The van der Waals surface area contributed by atoms with Crippen molar-refractivity contribution in [2.75, 3.05) is 6.54 Å². The van der Waals surface area contributed by atoms with Crippen LogP contribution in [0.1, 0.15) is 31.9 Å². The van der Waals surface area contributed by atoms with Crippen molar-refractivity contribution in [3.63, 3.8) is 0 Å². The Labute approximate surface area is 85.3 Å². The number of benzene rings is 1. The van der Waals surface area contributed by atoms with E-state index in [1.807, 2.05) is 6.07 Å². The highest BCUT2D eigenvalue weighted by molar-refractivity contribution is 5.40. The zero-order valence-electron chi connectivity index (χ0n) is 8.79. The van der Waals surface area contributed by atoms with Gasteiger partial charge in [0.2, 0.25) is 0 Å². The molecule has 0 bridgehead atoms. The first-order valence-corrected chi connectivity index (χ1v) is 5.35. The minimum absolute atomic E-state index is 0.298. The van der Waals surface area contributed by atoms with E-state index in [9.17, 15) is 0 Å². The molecular formula is C12H17NO. The first-order valence-electron chi connectivity index (χ1n) is 5.35. The lowest BCUT2D eigenvalue weighted by atomic mass is 10.0. The van der Waals surface area contributed by atoms with Crippen molar-refractivity contribution >= 4 is 0 Å². The molecule has 1 N–H and O–H groups in total. The Balaban J connectivity index is 2.27. The van der Waals surface area contributed by atoms with E-state index < -0.39 is 0 Å². The summed E-state index contributed by atoms with van der Waals surface area (Å²) in [5.74, 6) is 1.05. The van der Waals surface area contributed by atoms with Gasteiger partial charge >= 0.3 is 0 Å². The molecular weight excluding hydrogens is 174 g/mol. The molecule has 0 amide bonds. The summed E-state index contributed by atoms with van der Waals surface area (Å²) in [6, 6.07) is 8.68. The Morgan fingerprint density at radius 1 is 1.29 bits per heavy atom. The van der Waals surface area contributed by atoms with Crippen molar-refractivity contribution < 1.29 is 4.74 Å².